The van der Waals surface area contributed by atoms with Gasteiger partial charge in [0, 0.05) is 10.6 Å². The summed E-state index contributed by atoms with van der Waals surface area (Å²) in [5.74, 6) is -0.158. The summed E-state index contributed by atoms with van der Waals surface area (Å²) in [6, 6.07) is 14.9. The van der Waals surface area contributed by atoms with Crippen LogP contribution in [-0.2, 0) is 22.7 Å². The number of furan rings is 1. The molecule has 8 nitrogen and oxygen atoms in total. The highest BCUT2D eigenvalue weighted by Crippen LogP contribution is 2.31. The van der Waals surface area contributed by atoms with E-state index in [9.17, 15) is 14.4 Å². The largest absolute Gasteiger partial charge is 0.490 e. The summed E-state index contributed by atoms with van der Waals surface area (Å²) in [5.41, 5.74) is 1.17. The minimum atomic E-state index is -0.804. The first-order chi connectivity index (χ1) is 16.5. The van der Waals surface area contributed by atoms with Crippen molar-refractivity contribution in [3.8, 4) is 11.5 Å². The van der Waals surface area contributed by atoms with Crippen molar-refractivity contribution in [1.29, 1.82) is 0 Å². The van der Waals surface area contributed by atoms with Gasteiger partial charge in [0.05, 0.1) is 19.4 Å². The number of barbiturate groups is 1. The second kappa shape index (κ2) is 10.3. The Balaban J connectivity index is 1.57. The molecule has 4 amide bonds. The predicted molar refractivity (Wildman–Crippen MR) is 124 cm³/mol. The first kappa shape index (κ1) is 23.1. The molecule has 0 spiro atoms. The van der Waals surface area contributed by atoms with Gasteiger partial charge in [-0.15, -0.1) is 0 Å². The van der Waals surface area contributed by atoms with Crippen LogP contribution in [0.25, 0.3) is 6.08 Å². The molecule has 1 saturated heterocycles. The van der Waals surface area contributed by atoms with Crippen molar-refractivity contribution < 1.29 is 28.3 Å². The van der Waals surface area contributed by atoms with E-state index in [0.717, 1.165) is 10.5 Å². The molecule has 1 aliphatic heterocycles. The van der Waals surface area contributed by atoms with E-state index in [-0.39, 0.29) is 18.7 Å². The molecule has 9 heteroatoms. The van der Waals surface area contributed by atoms with Gasteiger partial charge in [-0.2, -0.15) is 0 Å². The number of ether oxygens (including phenoxy) is 2. The highest BCUT2D eigenvalue weighted by atomic mass is 35.5. The predicted octanol–water partition coefficient (Wildman–Crippen LogP) is 4.57. The molecule has 0 atom stereocenters. The van der Waals surface area contributed by atoms with Crippen molar-refractivity contribution in [3.05, 3.63) is 88.3 Å². The summed E-state index contributed by atoms with van der Waals surface area (Å²) in [6.45, 7) is 2.36. The van der Waals surface area contributed by atoms with Crippen LogP contribution in [-0.4, -0.2) is 29.4 Å². The van der Waals surface area contributed by atoms with E-state index < -0.39 is 17.8 Å². The van der Waals surface area contributed by atoms with Crippen LogP contribution in [0.1, 0.15) is 23.8 Å². The number of nitrogens with one attached hydrogen (secondary N) is 1. The van der Waals surface area contributed by atoms with E-state index in [1.165, 1.54) is 12.3 Å². The fourth-order valence-corrected chi connectivity index (χ4v) is 3.53. The van der Waals surface area contributed by atoms with Crippen molar-refractivity contribution in [2.45, 2.75) is 20.1 Å². The number of benzene rings is 2. The zero-order valence-electron chi connectivity index (χ0n) is 18.2. The average molecular weight is 481 g/mol. The van der Waals surface area contributed by atoms with E-state index in [1.807, 2.05) is 25.1 Å². The number of imide groups is 2. The summed E-state index contributed by atoms with van der Waals surface area (Å²) < 4.78 is 16.8. The molecular weight excluding hydrogens is 460 g/mol. The van der Waals surface area contributed by atoms with Gasteiger partial charge in [-0.05, 0) is 48.9 Å². The van der Waals surface area contributed by atoms with Crippen molar-refractivity contribution in [2.24, 2.45) is 0 Å². The fraction of sp³-hybridized carbons (Fsp3) is 0.160. The molecule has 1 fully saturated rings. The fourth-order valence-electron chi connectivity index (χ4n) is 3.34. The highest BCUT2D eigenvalue weighted by molar-refractivity contribution is 6.31. The second-order valence-corrected chi connectivity index (χ2v) is 7.71. The Morgan fingerprint density at radius 3 is 2.59 bits per heavy atom. The SMILES string of the molecule is CCOc1cc(/C=C2\C(=O)NC(=O)N(Cc3ccco3)C2=O)ccc1OCc1ccccc1Cl. The van der Waals surface area contributed by atoms with Gasteiger partial charge in [0.25, 0.3) is 11.8 Å². The van der Waals surface area contributed by atoms with Gasteiger partial charge >= 0.3 is 6.03 Å². The van der Waals surface area contributed by atoms with Crippen molar-refractivity contribution in [2.75, 3.05) is 6.61 Å². The monoisotopic (exact) mass is 480 g/mol. The summed E-state index contributed by atoms with van der Waals surface area (Å²) in [4.78, 5) is 38.4. The maximum Gasteiger partial charge on any atom is 0.331 e. The third-order valence-electron chi connectivity index (χ3n) is 5.00. The maximum atomic E-state index is 12.9. The number of nitrogens with zero attached hydrogens (tertiary/aromatic N) is 1. The Bertz CT molecular complexity index is 1250. The number of carbonyl (C=O) groups is 3. The quantitative estimate of drug-likeness (QED) is 0.374. The highest BCUT2D eigenvalue weighted by Gasteiger charge is 2.36. The normalized spacial score (nSPS) is 14.9. The topological polar surface area (TPSA) is 98.1 Å². The standard InChI is InChI=1S/C25H21ClN2O6/c1-2-32-22-13-16(9-10-21(22)34-15-17-6-3-4-8-20(17)26)12-19-23(29)27-25(31)28(24(19)30)14-18-7-5-11-33-18/h3-13H,2,14-15H2,1H3,(H,27,29,31)/b19-12+. The minimum absolute atomic E-state index is 0.0959. The first-order valence-corrected chi connectivity index (χ1v) is 10.9. The summed E-state index contributed by atoms with van der Waals surface area (Å²) >= 11 is 6.20. The maximum absolute atomic E-state index is 12.9. The molecule has 1 aliphatic rings. The molecule has 2 aromatic carbocycles. The second-order valence-electron chi connectivity index (χ2n) is 7.31. The van der Waals surface area contributed by atoms with Crippen LogP contribution < -0.4 is 14.8 Å². The van der Waals surface area contributed by atoms with Crippen LogP contribution in [0, 0.1) is 0 Å². The van der Waals surface area contributed by atoms with Gasteiger partial charge in [0.1, 0.15) is 17.9 Å². The molecule has 3 aromatic rings. The van der Waals surface area contributed by atoms with Crippen LogP contribution in [0.4, 0.5) is 4.79 Å². The van der Waals surface area contributed by atoms with E-state index >= 15 is 0 Å². The van der Waals surface area contributed by atoms with Gasteiger partial charge in [-0.25, -0.2) is 4.79 Å². The molecule has 2 heterocycles. The molecule has 0 radical (unpaired) electrons. The van der Waals surface area contributed by atoms with Crippen LogP contribution >= 0.6 is 11.6 Å². The van der Waals surface area contributed by atoms with Crippen LogP contribution in [0.5, 0.6) is 11.5 Å². The van der Waals surface area contributed by atoms with E-state index in [1.54, 1.807) is 36.4 Å². The molecule has 0 unspecified atom stereocenters. The molecule has 34 heavy (non-hydrogen) atoms. The van der Waals surface area contributed by atoms with Gasteiger partial charge in [-0.3, -0.25) is 19.8 Å². The zero-order chi connectivity index (χ0) is 24.1. The zero-order valence-corrected chi connectivity index (χ0v) is 19.0. The van der Waals surface area contributed by atoms with Gasteiger partial charge in [-0.1, -0.05) is 35.9 Å². The molecule has 0 saturated carbocycles. The number of carbonyl (C=O) groups excluding carboxylic acids is 3. The number of hydrogen-bond donors (Lipinski definition) is 1. The van der Waals surface area contributed by atoms with Crippen LogP contribution in [0.3, 0.4) is 0 Å². The molecule has 4 rings (SSSR count). The lowest BCUT2D eigenvalue weighted by molar-refractivity contribution is -0.130. The van der Waals surface area contributed by atoms with Gasteiger partial charge < -0.3 is 13.9 Å². The Morgan fingerprint density at radius 1 is 1.03 bits per heavy atom. The minimum Gasteiger partial charge on any atom is -0.490 e. The number of urea groups is 1. The summed E-state index contributed by atoms with van der Waals surface area (Å²) in [7, 11) is 0. The van der Waals surface area contributed by atoms with Crippen molar-refractivity contribution >= 4 is 35.5 Å². The smallest absolute Gasteiger partial charge is 0.331 e. The molecule has 0 aliphatic carbocycles. The van der Waals surface area contributed by atoms with Crippen LogP contribution in [0.2, 0.25) is 5.02 Å². The van der Waals surface area contributed by atoms with Crippen molar-refractivity contribution in [1.82, 2.24) is 10.2 Å². The molecule has 0 bridgehead atoms. The van der Waals surface area contributed by atoms with E-state index in [2.05, 4.69) is 5.32 Å². The number of amides is 4. The molecule has 1 aromatic heterocycles. The number of halogens is 1. The molecule has 1 N–H and O–H groups in total. The number of hydrogen-bond acceptors (Lipinski definition) is 6. The number of rotatable bonds is 8. The lowest BCUT2D eigenvalue weighted by Gasteiger charge is -2.25. The molecule has 174 valence electrons. The van der Waals surface area contributed by atoms with Crippen molar-refractivity contribution in [3.63, 3.8) is 0 Å². The average Bonchev–Trinajstić information content (AvgIpc) is 3.33. The lowest BCUT2D eigenvalue weighted by Crippen LogP contribution is -2.53. The first-order valence-electron chi connectivity index (χ1n) is 10.5. The van der Waals surface area contributed by atoms with E-state index in [4.69, 9.17) is 25.5 Å². The third kappa shape index (κ3) is 5.13. The third-order valence-corrected chi connectivity index (χ3v) is 5.37. The van der Waals surface area contributed by atoms with E-state index in [0.29, 0.717) is 34.5 Å². The van der Waals surface area contributed by atoms with Gasteiger partial charge in [0.2, 0.25) is 0 Å². The lowest BCUT2D eigenvalue weighted by atomic mass is 10.1. The summed E-state index contributed by atoms with van der Waals surface area (Å²) in [5, 5.41) is 2.78. The Hall–Kier alpha value is -4.04. The van der Waals surface area contributed by atoms with Gasteiger partial charge in [0.15, 0.2) is 11.5 Å². The Labute approximate surface area is 200 Å². The Morgan fingerprint density at radius 2 is 1.85 bits per heavy atom. The Kier molecular flexibility index (Phi) is 6.98. The summed E-state index contributed by atoms with van der Waals surface area (Å²) in [6.07, 6.45) is 2.84. The molecular formula is C25H21ClN2O6. The van der Waals surface area contributed by atoms with Crippen LogP contribution in [0.15, 0.2) is 70.9 Å².